The van der Waals surface area contributed by atoms with Crippen LogP contribution in [0.3, 0.4) is 0 Å². The maximum Gasteiger partial charge on any atom is 0.326 e. The maximum atomic E-state index is 11.6. The molecule has 0 aliphatic carbocycles. The molecule has 2 atom stereocenters. The Morgan fingerprint density at radius 1 is 1.44 bits per heavy atom. The molecule has 0 unspecified atom stereocenters. The zero-order chi connectivity index (χ0) is 13.0. The van der Waals surface area contributed by atoms with Crippen LogP contribution in [0, 0.1) is 0 Å². The number of amides is 3. The van der Waals surface area contributed by atoms with Crippen LogP contribution in [-0.4, -0.2) is 55.2 Å². The van der Waals surface area contributed by atoms with Crippen molar-refractivity contribution in [3.05, 3.63) is 0 Å². The van der Waals surface area contributed by atoms with Gasteiger partial charge in [0.15, 0.2) is 0 Å². The van der Waals surface area contributed by atoms with Gasteiger partial charge in [0.25, 0.3) is 0 Å². The van der Waals surface area contributed by atoms with E-state index in [2.05, 4.69) is 5.32 Å². The Morgan fingerprint density at radius 3 is 3.00 bits per heavy atom. The van der Waals surface area contributed by atoms with Crippen LogP contribution < -0.4 is 5.32 Å². The topological polar surface area (TPSA) is 84.9 Å². The van der Waals surface area contributed by atoms with E-state index in [4.69, 9.17) is 9.47 Å². The van der Waals surface area contributed by atoms with E-state index < -0.39 is 6.03 Å². The average molecular weight is 256 g/mol. The predicted molar refractivity (Wildman–Crippen MR) is 59.6 cm³/mol. The van der Waals surface area contributed by atoms with Gasteiger partial charge in [0.2, 0.25) is 5.91 Å². The summed E-state index contributed by atoms with van der Waals surface area (Å²) in [7, 11) is 0. The monoisotopic (exact) mass is 256 g/mol. The number of ether oxygens (including phenoxy) is 2. The van der Waals surface area contributed by atoms with Crippen molar-refractivity contribution in [1.29, 1.82) is 0 Å². The third-order valence-electron chi connectivity index (χ3n) is 3.01. The van der Waals surface area contributed by atoms with Crippen LogP contribution in [0.4, 0.5) is 4.79 Å². The smallest absolute Gasteiger partial charge is 0.326 e. The second-order valence-corrected chi connectivity index (χ2v) is 4.29. The molecule has 2 aliphatic heterocycles. The highest BCUT2D eigenvalue weighted by molar-refractivity contribution is 5.96. The number of aldehydes is 1. The Hall–Kier alpha value is -1.47. The van der Waals surface area contributed by atoms with Crippen molar-refractivity contribution in [1.82, 2.24) is 10.2 Å². The minimum Gasteiger partial charge on any atom is -0.371 e. The van der Waals surface area contributed by atoms with Gasteiger partial charge >= 0.3 is 6.03 Å². The van der Waals surface area contributed by atoms with Gasteiger partial charge in [0, 0.05) is 13.0 Å². The van der Waals surface area contributed by atoms with Crippen LogP contribution in [0.5, 0.6) is 0 Å². The molecule has 0 saturated carbocycles. The first-order chi connectivity index (χ1) is 8.70. The lowest BCUT2D eigenvalue weighted by Crippen LogP contribution is -2.53. The summed E-state index contributed by atoms with van der Waals surface area (Å²) in [5.74, 6) is -0.250. The molecule has 2 rings (SSSR count). The molecule has 100 valence electrons. The van der Waals surface area contributed by atoms with Crippen molar-refractivity contribution in [2.75, 3.05) is 19.8 Å². The van der Waals surface area contributed by atoms with Crippen LogP contribution in [0.2, 0.25) is 0 Å². The van der Waals surface area contributed by atoms with Crippen molar-refractivity contribution < 1.29 is 23.9 Å². The summed E-state index contributed by atoms with van der Waals surface area (Å²) in [6, 6.07) is -0.397. The molecule has 7 heteroatoms. The van der Waals surface area contributed by atoms with E-state index in [-0.39, 0.29) is 24.8 Å². The van der Waals surface area contributed by atoms with E-state index in [9.17, 15) is 14.4 Å². The number of urea groups is 1. The minimum atomic E-state index is -0.397. The van der Waals surface area contributed by atoms with Gasteiger partial charge < -0.3 is 14.3 Å². The molecule has 7 nitrogen and oxygen atoms in total. The van der Waals surface area contributed by atoms with E-state index >= 15 is 0 Å². The van der Waals surface area contributed by atoms with Gasteiger partial charge in [-0.25, -0.2) is 4.79 Å². The molecular weight excluding hydrogens is 240 g/mol. The van der Waals surface area contributed by atoms with Gasteiger partial charge in [0.1, 0.15) is 19.1 Å². The second kappa shape index (κ2) is 5.92. The zero-order valence-corrected chi connectivity index (χ0v) is 9.96. The molecule has 1 N–H and O–H groups in total. The van der Waals surface area contributed by atoms with E-state index in [0.29, 0.717) is 25.9 Å². The van der Waals surface area contributed by atoms with Crippen molar-refractivity contribution in [2.45, 2.75) is 31.6 Å². The molecule has 2 saturated heterocycles. The average Bonchev–Trinajstić information content (AvgIpc) is 2.78. The van der Waals surface area contributed by atoms with Gasteiger partial charge in [-0.15, -0.1) is 0 Å². The number of nitrogens with zero attached hydrogens (tertiary/aromatic N) is 1. The molecule has 3 amide bonds. The summed E-state index contributed by atoms with van der Waals surface area (Å²) in [4.78, 5) is 34.2. The quantitative estimate of drug-likeness (QED) is 0.537. The number of hydrogen-bond donors (Lipinski definition) is 1. The molecule has 18 heavy (non-hydrogen) atoms. The fourth-order valence-corrected chi connectivity index (χ4v) is 2.14. The Labute approximate surface area is 104 Å². The van der Waals surface area contributed by atoms with E-state index in [1.807, 2.05) is 0 Å². The largest absolute Gasteiger partial charge is 0.371 e. The number of carbonyl (C=O) groups excluding carboxylic acids is 3. The van der Waals surface area contributed by atoms with Gasteiger partial charge in [-0.3, -0.25) is 15.0 Å². The van der Waals surface area contributed by atoms with Crippen molar-refractivity contribution in [3.63, 3.8) is 0 Å². The lowest BCUT2D eigenvalue weighted by Gasteiger charge is -2.31. The molecule has 2 aliphatic rings. The predicted octanol–water partition coefficient (Wildman–Crippen LogP) is -0.351. The van der Waals surface area contributed by atoms with Crippen molar-refractivity contribution in [2.24, 2.45) is 0 Å². The molecule has 0 spiro atoms. The van der Waals surface area contributed by atoms with Gasteiger partial charge in [-0.1, -0.05) is 0 Å². The summed E-state index contributed by atoms with van der Waals surface area (Å²) < 4.78 is 10.7. The molecule has 2 heterocycles. The lowest BCUT2D eigenvalue weighted by molar-refractivity contribution is -0.124. The first-order valence-electron chi connectivity index (χ1n) is 5.98. The number of hydrogen-bond acceptors (Lipinski definition) is 5. The molecule has 0 aromatic heterocycles. The third kappa shape index (κ3) is 3.05. The van der Waals surface area contributed by atoms with Crippen LogP contribution in [0.15, 0.2) is 0 Å². The molecule has 2 fully saturated rings. The highest BCUT2D eigenvalue weighted by Gasteiger charge is 2.35. The van der Waals surface area contributed by atoms with Crippen LogP contribution in [0.25, 0.3) is 0 Å². The fraction of sp³-hybridized carbons (Fsp3) is 0.727. The lowest BCUT2D eigenvalue weighted by atomic mass is 10.2. The molecular formula is C11H16N2O5. The Kier molecular flexibility index (Phi) is 4.27. The third-order valence-corrected chi connectivity index (χ3v) is 3.01. The summed E-state index contributed by atoms with van der Waals surface area (Å²) in [5, 5.41) is 2.26. The SMILES string of the molecule is O=CCOC[C@H]1CC[C@@H](N2CCC(=O)NC2=O)O1. The van der Waals surface area contributed by atoms with Gasteiger partial charge in [-0.2, -0.15) is 0 Å². The van der Waals surface area contributed by atoms with Crippen LogP contribution in [0.1, 0.15) is 19.3 Å². The molecule has 0 radical (unpaired) electrons. The maximum absolute atomic E-state index is 11.6. The molecule has 0 aromatic rings. The summed E-state index contributed by atoms with van der Waals surface area (Å²) in [6.45, 7) is 0.796. The van der Waals surface area contributed by atoms with Gasteiger partial charge in [0.05, 0.1) is 12.7 Å². The van der Waals surface area contributed by atoms with E-state index in [1.54, 1.807) is 0 Å². The minimum absolute atomic E-state index is 0.0588. The van der Waals surface area contributed by atoms with Crippen molar-refractivity contribution >= 4 is 18.2 Å². The number of imide groups is 1. The Bertz CT molecular complexity index is 346. The van der Waals surface area contributed by atoms with Crippen molar-refractivity contribution in [3.8, 4) is 0 Å². The number of rotatable bonds is 5. The van der Waals surface area contributed by atoms with Gasteiger partial charge in [-0.05, 0) is 12.8 Å². The number of nitrogens with one attached hydrogen (secondary N) is 1. The van der Waals surface area contributed by atoms with E-state index in [0.717, 1.165) is 12.8 Å². The normalized spacial score (nSPS) is 28.3. The number of carbonyl (C=O) groups is 3. The zero-order valence-electron chi connectivity index (χ0n) is 9.96. The first kappa shape index (κ1) is 13.0. The highest BCUT2D eigenvalue weighted by Crippen LogP contribution is 2.24. The molecule has 0 aromatic carbocycles. The fourth-order valence-electron chi connectivity index (χ4n) is 2.14. The standard InChI is InChI=1S/C11H16N2O5/c14-5-6-17-7-8-1-2-10(18-8)13-4-3-9(15)12-11(13)16/h5,8,10H,1-4,6-7H2,(H,12,15,16)/t8-,10+/m1/s1. The van der Waals surface area contributed by atoms with E-state index in [1.165, 1.54) is 4.90 Å². The first-order valence-corrected chi connectivity index (χ1v) is 5.98. The summed E-state index contributed by atoms with van der Waals surface area (Å²) >= 11 is 0. The Balaban J connectivity index is 1.79. The summed E-state index contributed by atoms with van der Waals surface area (Å²) in [5.41, 5.74) is 0. The Morgan fingerprint density at radius 2 is 2.28 bits per heavy atom. The van der Waals surface area contributed by atoms with Crippen LogP contribution in [-0.2, 0) is 19.1 Å². The summed E-state index contributed by atoms with van der Waals surface area (Å²) in [6.07, 6.45) is 2.09. The second-order valence-electron chi connectivity index (χ2n) is 4.29. The van der Waals surface area contributed by atoms with Crippen LogP contribution >= 0.6 is 0 Å². The molecule has 0 bridgehead atoms. The highest BCUT2D eigenvalue weighted by atomic mass is 16.6.